The maximum absolute atomic E-state index is 13.7. The first-order chi connectivity index (χ1) is 16.7. The average Bonchev–Trinajstić information content (AvgIpc) is 3.13. The third-order valence-electron chi connectivity index (χ3n) is 7.23. The number of sulfonamides is 1. The minimum atomic E-state index is -3.93. The topological polar surface area (TPSA) is 86.8 Å². The standard InChI is InChI=1S/C27H35N3O4S/c1-21-14-16-22(17-15-21)18-28-26(32)27(2)20-29(35(33,34)24-12-8-5-9-13-24)19-25(31)30(27)23-10-6-3-4-7-11-23/h5,8-9,12-17,23H,3-4,6-7,10-11,18-20H2,1-2H3,(H,28,32). The number of amides is 2. The number of carbonyl (C=O) groups is 2. The van der Waals surface area contributed by atoms with Crippen molar-refractivity contribution in [1.82, 2.24) is 14.5 Å². The summed E-state index contributed by atoms with van der Waals surface area (Å²) in [7, 11) is -3.93. The van der Waals surface area contributed by atoms with Gasteiger partial charge in [-0.3, -0.25) is 9.59 Å². The number of hydrogen-bond acceptors (Lipinski definition) is 4. The molecular formula is C27H35N3O4S. The fourth-order valence-corrected chi connectivity index (χ4v) is 6.77. The van der Waals surface area contributed by atoms with Crippen LogP contribution in [0.1, 0.15) is 56.6 Å². The molecule has 2 aromatic carbocycles. The fraction of sp³-hybridized carbons (Fsp3) is 0.481. The van der Waals surface area contributed by atoms with Crippen molar-refractivity contribution in [3.8, 4) is 0 Å². The van der Waals surface area contributed by atoms with E-state index in [2.05, 4.69) is 5.32 Å². The van der Waals surface area contributed by atoms with Gasteiger partial charge in [0.2, 0.25) is 21.8 Å². The Balaban J connectivity index is 1.64. The number of nitrogens with zero attached hydrogens (tertiary/aromatic N) is 2. The maximum atomic E-state index is 13.7. The summed E-state index contributed by atoms with van der Waals surface area (Å²) in [4.78, 5) is 29.1. The smallest absolute Gasteiger partial charge is 0.247 e. The molecule has 2 amide bonds. The largest absolute Gasteiger partial charge is 0.350 e. The molecule has 8 heteroatoms. The first-order valence-electron chi connectivity index (χ1n) is 12.4. The van der Waals surface area contributed by atoms with Crippen LogP contribution in [0.15, 0.2) is 59.5 Å². The number of hydrogen-bond donors (Lipinski definition) is 1. The van der Waals surface area contributed by atoms with Crippen LogP contribution >= 0.6 is 0 Å². The van der Waals surface area contributed by atoms with Gasteiger partial charge in [0.25, 0.3) is 0 Å². The van der Waals surface area contributed by atoms with Crippen LogP contribution in [0.25, 0.3) is 0 Å². The van der Waals surface area contributed by atoms with Crippen molar-refractivity contribution >= 4 is 21.8 Å². The molecule has 2 aliphatic rings. The fourth-order valence-electron chi connectivity index (χ4n) is 5.27. The van der Waals surface area contributed by atoms with E-state index >= 15 is 0 Å². The molecule has 1 aliphatic carbocycles. The van der Waals surface area contributed by atoms with Gasteiger partial charge in [0.1, 0.15) is 5.54 Å². The quantitative estimate of drug-likeness (QED) is 0.618. The number of nitrogens with one attached hydrogen (secondary N) is 1. The monoisotopic (exact) mass is 497 g/mol. The predicted molar refractivity (Wildman–Crippen MR) is 135 cm³/mol. The lowest BCUT2D eigenvalue weighted by Gasteiger charge is -2.50. The zero-order valence-corrected chi connectivity index (χ0v) is 21.4. The molecule has 0 bridgehead atoms. The molecule has 1 N–H and O–H groups in total. The Hall–Kier alpha value is -2.71. The Kier molecular flexibility index (Phi) is 7.62. The summed E-state index contributed by atoms with van der Waals surface area (Å²) in [5.74, 6) is -0.640. The molecule has 4 rings (SSSR count). The van der Waals surface area contributed by atoms with Gasteiger partial charge < -0.3 is 10.2 Å². The van der Waals surface area contributed by atoms with E-state index < -0.39 is 15.6 Å². The van der Waals surface area contributed by atoms with Crippen LogP contribution in [0.3, 0.4) is 0 Å². The first-order valence-corrected chi connectivity index (χ1v) is 13.9. The lowest BCUT2D eigenvalue weighted by atomic mass is 9.91. The summed E-state index contributed by atoms with van der Waals surface area (Å²) in [5, 5.41) is 2.99. The van der Waals surface area contributed by atoms with Crippen LogP contribution in [0.2, 0.25) is 0 Å². The van der Waals surface area contributed by atoms with E-state index in [1.54, 1.807) is 30.0 Å². The summed E-state index contributed by atoms with van der Waals surface area (Å²) in [6.07, 6.45) is 5.89. The van der Waals surface area contributed by atoms with Gasteiger partial charge in [0.05, 0.1) is 11.4 Å². The van der Waals surface area contributed by atoms with E-state index in [0.29, 0.717) is 6.54 Å². The molecule has 1 unspecified atom stereocenters. The van der Waals surface area contributed by atoms with Crippen molar-refractivity contribution in [2.45, 2.75) is 75.4 Å². The molecule has 0 spiro atoms. The molecular weight excluding hydrogens is 462 g/mol. The van der Waals surface area contributed by atoms with Crippen LogP contribution in [-0.2, 0) is 26.2 Å². The third-order valence-corrected chi connectivity index (χ3v) is 9.04. The van der Waals surface area contributed by atoms with Gasteiger partial charge in [-0.25, -0.2) is 8.42 Å². The second-order valence-corrected chi connectivity index (χ2v) is 11.9. The number of aryl methyl sites for hydroxylation is 1. The summed E-state index contributed by atoms with van der Waals surface area (Å²) >= 11 is 0. The molecule has 1 aliphatic heterocycles. The zero-order chi connectivity index (χ0) is 25.1. The summed E-state index contributed by atoms with van der Waals surface area (Å²) in [6.45, 7) is 3.70. The molecule has 2 fully saturated rings. The average molecular weight is 498 g/mol. The lowest BCUT2D eigenvalue weighted by molar-refractivity contribution is -0.157. The van der Waals surface area contributed by atoms with Crippen LogP contribution in [0, 0.1) is 6.92 Å². The van der Waals surface area contributed by atoms with Gasteiger partial charge >= 0.3 is 0 Å². The van der Waals surface area contributed by atoms with Crippen LogP contribution in [0.5, 0.6) is 0 Å². The molecule has 35 heavy (non-hydrogen) atoms. The predicted octanol–water partition coefficient (Wildman–Crippen LogP) is 3.63. The van der Waals surface area contributed by atoms with Crippen molar-refractivity contribution in [3.63, 3.8) is 0 Å². The van der Waals surface area contributed by atoms with E-state index in [1.165, 1.54) is 16.4 Å². The summed E-state index contributed by atoms with van der Waals surface area (Å²) < 4.78 is 28.0. The number of carbonyl (C=O) groups excluding carboxylic acids is 2. The van der Waals surface area contributed by atoms with Crippen molar-refractivity contribution in [3.05, 3.63) is 65.7 Å². The van der Waals surface area contributed by atoms with Gasteiger partial charge in [-0.15, -0.1) is 0 Å². The Morgan fingerprint density at radius 3 is 2.26 bits per heavy atom. The Morgan fingerprint density at radius 2 is 1.63 bits per heavy atom. The molecule has 7 nitrogen and oxygen atoms in total. The van der Waals surface area contributed by atoms with E-state index in [9.17, 15) is 18.0 Å². The van der Waals surface area contributed by atoms with Crippen molar-refractivity contribution in [2.75, 3.05) is 13.1 Å². The molecule has 0 radical (unpaired) electrons. The van der Waals surface area contributed by atoms with Gasteiger partial charge in [-0.1, -0.05) is 73.7 Å². The van der Waals surface area contributed by atoms with Gasteiger partial charge in [0.15, 0.2) is 0 Å². The van der Waals surface area contributed by atoms with E-state index in [0.717, 1.165) is 49.7 Å². The van der Waals surface area contributed by atoms with Crippen LogP contribution in [0.4, 0.5) is 0 Å². The molecule has 2 aromatic rings. The van der Waals surface area contributed by atoms with Gasteiger partial charge in [-0.2, -0.15) is 4.31 Å². The maximum Gasteiger partial charge on any atom is 0.247 e. The number of piperazine rings is 1. The van der Waals surface area contributed by atoms with E-state index in [4.69, 9.17) is 0 Å². The Bertz CT molecular complexity index is 1140. The zero-order valence-electron chi connectivity index (χ0n) is 20.6. The summed E-state index contributed by atoms with van der Waals surface area (Å²) in [5.41, 5.74) is 0.771. The lowest BCUT2D eigenvalue weighted by Crippen LogP contribution is -2.71. The van der Waals surface area contributed by atoms with Gasteiger partial charge in [0, 0.05) is 19.1 Å². The first kappa shape index (κ1) is 25.4. The normalized spacial score (nSPS) is 22.6. The second kappa shape index (κ2) is 10.5. The van der Waals surface area contributed by atoms with Crippen molar-refractivity contribution < 1.29 is 18.0 Å². The van der Waals surface area contributed by atoms with Crippen molar-refractivity contribution in [2.24, 2.45) is 0 Å². The molecule has 1 heterocycles. The minimum absolute atomic E-state index is 0.0679. The Labute approximate surface area is 208 Å². The van der Waals surface area contributed by atoms with E-state index in [-0.39, 0.29) is 35.8 Å². The number of benzene rings is 2. The Morgan fingerprint density at radius 1 is 1.00 bits per heavy atom. The van der Waals surface area contributed by atoms with Crippen LogP contribution in [-0.4, -0.2) is 54.1 Å². The highest BCUT2D eigenvalue weighted by atomic mass is 32.2. The SMILES string of the molecule is Cc1ccc(CNC(=O)C2(C)CN(S(=O)(=O)c3ccccc3)CC(=O)N2C2CCCCCC2)cc1. The van der Waals surface area contributed by atoms with Gasteiger partial charge in [-0.05, 0) is 44.4 Å². The molecule has 1 atom stereocenters. The molecule has 0 aromatic heterocycles. The highest BCUT2D eigenvalue weighted by Crippen LogP contribution is 2.33. The third kappa shape index (κ3) is 5.43. The van der Waals surface area contributed by atoms with Crippen molar-refractivity contribution in [1.29, 1.82) is 0 Å². The van der Waals surface area contributed by atoms with Crippen LogP contribution < -0.4 is 5.32 Å². The highest BCUT2D eigenvalue weighted by Gasteiger charge is 2.52. The summed E-state index contributed by atoms with van der Waals surface area (Å²) in [6, 6.07) is 15.9. The molecule has 188 valence electrons. The second-order valence-electron chi connectivity index (χ2n) is 9.94. The highest BCUT2D eigenvalue weighted by molar-refractivity contribution is 7.89. The number of rotatable bonds is 6. The molecule has 1 saturated heterocycles. The van der Waals surface area contributed by atoms with E-state index in [1.807, 2.05) is 31.2 Å². The minimum Gasteiger partial charge on any atom is -0.350 e. The molecule has 1 saturated carbocycles.